The van der Waals surface area contributed by atoms with Crippen molar-refractivity contribution in [1.82, 2.24) is 0 Å². The maximum Gasteiger partial charge on any atom is 0.414 e. The molecule has 0 radical (unpaired) electrons. The summed E-state index contributed by atoms with van der Waals surface area (Å²) in [4.78, 5) is 37.8. The van der Waals surface area contributed by atoms with Crippen molar-refractivity contribution in [2.24, 2.45) is 0 Å². The van der Waals surface area contributed by atoms with E-state index >= 15 is 0 Å². The van der Waals surface area contributed by atoms with Crippen LogP contribution in [-0.4, -0.2) is 36.9 Å². The Kier molecular flexibility index (Phi) is 4.26. The third-order valence-electron chi connectivity index (χ3n) is 3.97. The van der Waals surface area contributed by atoms with Crippen LogP contribution < -0.4 is 15.0 Å². The number of cyclic esters (lactones) is 1. The van der Waals surface area contributed by atoms with Crippen LogP contribution in [0.3, 0.4) is 0 Å². The molecule has 1 saturated heterocycles. The van der Waals surface area contributed by atoms with Gasteiger partial charge in [0, 0.05) is 10.6 Å². The van der Waals surface area contributed by atoms with E-state index in [2.05, 4.69) is 5.32 Å². The van der Waals surface area contributed by atoms with Crippen molar-refractivity contribution in [2.45, 2.75) is 4.90 Å². The van der Waals surface area contributed by atoms with Crippen molar-refractivity contribution >= 4 is 41.1 Å². The van der Waals surface area contributed by atoms with Gasteiger partial charge in [-0.25, -0.2) is 9.59 Å². The van der Waals surface area contributed by atoms with Gasteiger partial charge in [-0.1, -0.05) is 0 Å². The molecule has 2 aromatic carbocycles. The minimum absolute atomic E-state index is 0.0935. The molecular weight excluding hydrogens is 356 g/mol. The van der Waals surface area contributed by atoms with Crippen LogP contribution in [0, 0.1) is 0 Å². The lowest BCUT2D eigenvalue weighted by molar-refractivity contribution is -0.113. The van der Waals surface area contributed by atoms with Gasteiger partial charge in [0.25, 0.3) is 0 Å². The third kappa shape index (κ3) is 3.23. The molecule has 7 nitrogen and oxygen atoms in total. The topological polar surface area (TPSA) is 84.9 Å². The Labute approximate surface area is 153 Å². The first-order valence-electron chi connectivity index (χ1n) is 7.93. The number of carbonyl (C=O) groups excluding carboxylic acids is 3. The third-order valence-corrected chi connectivity index (χ3v) is 5.04. The van der Waals surface area contributed by atoms with E-state index < -0.39 is 5.97 Å². The number of hydrogen-bond acceptors (Lipinski definition) is 6. The zero-order valence-electron chi connectivity index (χ0n) is 13.6. The standard InChI is InChI=1S/C18H14N2O5S/c21-16-10-26-15-6-1-11(9-14(15)19-16)17(22)25-13-4-2-12(3-5-13)20-7-8-24-18(20)23/h1-6,9H,7-8,10H2,(H,19,21). The van der Waals surface area contributed by atoms with Gasteiger partial charge in [-0.15, -0.1) is 11.8 Å². The van der Waals surface area contributed by atoms with E-state index in [0.29, 0.717) is 41.6 Å². The van der Waals surface area contributed by atoms with Gasteiger partial charge < -0.3 is 14.8 Å². The molecule has 2 aromatic rings. The molecule has 2 heterocycles. The van der Waals surface area contributed by atoms with E-state index in [1.165, 1.54) is 16.7 Å². The summed E-state index contributed by atoms with van der Waals surface area (Å²) in [6, 6.07) is 11.7. The number of carbonyl (C=O) groups is 3. The lowest BCUT2D eigenvalue weighted by Gasteiger charge is -2.16. The molecule has 2 aliphatic rings. The maximum atomic E-state index is 12.3. The first-order valence-corrected chi connectivity index (χ1v) is 8.92. The Bertz CT molecular complexity index is 897. The van der Waals surface area contributed by atoms with Gasteiger partial charge in [-0.3, -0.25) is 9.69 Å². The highest BCUT2D eigenvalue weighted by Gasteiger charge is 2.23. The SMILES string of the molecule is O=C1CSc2ccc(C(=O)Oc3ccc(N4CCOC4=O)cc3)cc2N1. The van der Waals surface area contributed by atoms with E-state index in [9.17, 15) is 14.4 Å². The van der Waals surface area contributed by atoms with Gasteiger partial charge in [-0.05, 0) is 42.5 Å². The number of amides is 2. The molecule has 2 amide bonds. The molecule has 8 heteroatoms. The number of rotatable bonds is 3. The fourth-order valence-electron chi connectivity index (χ4n) is 2.70. The Morgan fingerprint density at radius 3 is 2.69 bits per heavy atom. The zero-order chi connectivity index (χ0) is 18.1. The van der Waals surface area contributed by atoms with E-state index in [1.807, 2.05) is 0 Å². The van der Waals surface area contributed by atoms with Crippen molar-refractivity contribution in [3.8, 4) is 5.75 Å². The lowest BCUT2D eigenvalue weighted by atomic mass is 10.2. The molecule has 0 atom stereocenters. The molecule has 0 saturated carbocycles. The smallest absolute Gasteiger partial charge is 0.414 e. The quantitative estimate of drug-likeness (QED) is 0.661. The van der Waals surface area contributed by atoms with Crippen molar-refractivity contribution in [3.63, 3.8) is 0 Å². The van der Waals surface area contributed by atoms with Crippen molar-refractivity contribution in [1.29, 1.82) is 0 Å². The molecule has 1 N–H and O–H groups in total. The summed E-state index contributed by atoms with van der Waals surface area (Å²) >= 11 is 1.43. The van der Waals surface area contributed by atoms with E-state index in [-0.39, 0.29) is 12.0 Å². The van der Waals surface area contributed by atoms with Gasteiger partial charge in [-0.2, -0.15) is 0 Å². The molecule has 0 spiro atoms. The average molecular weight is 370 g/mol. The summed E-state index contributed by atoms with van der Waals surface area (Å²) in [6.07, 6.45) is -0.385. The minimum Gasteiger partial charge on any atom is -0.447 e. The predicted octanol–water partition coefficient (Wildman–Crippen LogP) is 2.91. The van der Waals surface area contributed by atoms with Crippen LogP contribution in [0.1, 0.15) is 10.4 Å². The number of benzene rings is 2. The summed E-state index contributed by atoms with van der Waals surface area (Å²) in [7, 11) is 0. The molecule has 4 rings (SSSR count). The zero-order valence-corrected chi connectivity index (χ0v) is 14.4. The Morgan fingerprint density at radius 1 is 1.15 bits per heavy atom. The fraction of sp³-hybridized carbons (Fsp3) is 0.167. The second kappa shape index (κ2) is 6.72. The highest BCUT2D eigenvalue weighted by atomic mass is 32.2. The molecule has 0 bridgehead atoms. The van der Waals surface area contributed by atoms with Gasteiger partial charge in [0.2, 0.25) is 5.91 Å². The highest BCUT2D eigenvalue weighted by Crippen LogP contribution is 2.32. The van der Waals surface area contributed by atoms with Crippen LogP contribution >= 0.6 is 11.8 Å². The average Bonchev–Trinajstić information content (AvgIpc) is 3.07. The van der Waals surface area contributed by atoms with Crippen LogP contribution in [-0.2, 0) is 9.53 Å². The first-order chi connectivity index (χ1) is 12.6. The Morgan fingerprint density at radius 2 is 1.96 bits per heavy atom. The summed E-state index contributed by atoms with van der Waals surface area (Å²) in [6.45, 7) is 0.861. The molecule has 0 aromatic heterocycles. The number of fused-ring (bicyclic) bond motifs is 1. The van der Waals surface area contributed by atoms with E-state index in [0.717, 1.165) is 4.90 Å². The van der Waals surface area contributed by atoms with Crippen LogP contribution in [0.4, 0.5) is 16.2 Å². The monoisotopic (exact) mass is 370 g/mol. The van der Waals surface area contributed by atoms with E-state index in [4.69, 9.17) is 9.47 Å². The Hall–Kier alpha value is -3.00. The van der Waals surface area contributed by atoms with E-state index in [1.54, 1.807) is 42.5 Å². The predicted molar refractivity (Wildman–Crippen MR) is 95.9 cm³/mol. The number of anilines is 2. The van der Waals surface area contributed by atoms with Crippen molar-refractivity contribution in [3.05, 3.63) is 48.0 Å². The molecule has 0 unspecified atom stereocenters. The Balaban J connectivity index is 1.47. The van der Waals surface area contributed by atoms with Crippen LogP contribution in [0.25, 0.3) is 0 Å². The first kappa shape index (κ1) is 16.5. The van der Waals surface area contributed by atoms with Crippen LogP contribution in [0.2, 0.25) is 0 Å². The second-order valence-electron chi connectivity index (χ2n) is 5.70. The van der Waals surface area contributed by atoms with Gasteiger partial charge in [0.1, 0.15) is 12.4 Å². The van der Waals surface area contributed by atoms with Gasteiger partial charge >= 0.3 is 12.1 Å². The number of nitrogens with zero attached hydrogens (tertiary/aromatic N) is 1. The number of ether oxygens (including phenoxy) is 2. The largest absolute Gasteiger partial charge is 0.447 e. The molecular formula is C18H14N2O5S. The molecule has 0 aliphatic carbocycles. The van der Waals surface area contributed by atoms with Crippen LogP contribution in [0.15, 0.2) is 47.4 Å². The normalized spacial score (nSPS) is 15.9. The molecule has 2 aliphatic heterocycles. The summed E-state index contributed by atoms with van der Waals surface area (Å²) in [5, 5.41) is 2.75. The summed E-state index contributed by atoms with van der Waals surface area (Å²) < 4.78 is 10.3. The lowest BCUT2D eigenvalue weighted by Crippen LogP contribution is -2.23. The second-order valence-corrected chi connectivity index (χ2v) is 6.71. The number of nitrogens with one attached hydrogen (secondary N) is 1. The fourth-order valence-corrected chi connectivity index (χ4v) is 3.49. The summed E-state index contributed by atoms with van der Waals surface area (Å²) in [5.41, 5.74) is 1.64. The number of thioether (sulfide) groups is 1. The summed E-state index contributed by atoms with van der Waals surface area (Å²) in [5.74, 6) is 0.116. The van der Waals surface area contributed by atoms with Crippen molar-refractivity contribution in [2.75, 3.05) is 29.1 Å². The molecule has 132 valence electrons. The number of hydrogen-bond donors (Lipinski definition) is 1. The minimum atomic E-state index is -0.522. The van der Waals surface area contributed by atoms with Crippen LogP contribution in [0.5, 0.6) is 5.75 Å². The molecule has 26 heavy (non-hydrogen) atoms. The highest BCUT2D eigenvalue weighted by molar-refractivity contribution is 8.00. The van der Waals surface area contributed by atoms with Gasteiger partial charge in [0.05, 0.1) is 23.5 Å². The number of esters is 1. The van der Waals surface area contributed by atoms with Gasteiger partial charge in [0.15, 0.2) is 0 Å². The van der Waals surface area contributed by atoms with Crippen molar-refractivity contribution < 1.29 is 23.9 Å². The maximum absolute atomic E-state index is 12.3. The molecule has 1 fully saturated rings.